The van der Waals surface area contributed by atoms with Crippen molar-refractivity contribution in [2.24, 2.45) is 4.99 Å². The third-order valence-corrected chi connectivity index (χ3v) is 2.90. The van der Waals surface area contributed by atoms with E-state index in [1.54, 1.807) is 7.11 Å². The molecule has 0 aromatic heterocycles. The molecule has 2 N–H and O–H groups in total. The van der Waals surface area contributed by atoms with Crippen molar-refractivity contribution in [1.82, 2.24) is 10.6 Å². The Hall–Kier alpha value is -1.76. The number of methoxy groups -OCH3 is 1. The number of nitrogens with one attached hydrogen (secondary N) is 2. The normalized spacial score (nSPS) is 12.3. The quantitative estimate of drug-likeness (QED) is 0.461. The molecule has 0 heterocycles. The van der Waals surface area contributed by atoms with Gasteiger partial charge in [-0.2, -0.15) is 13.2 Å². The lowest BCUT2D eigenvalue weighted by molar-refractivity contribution is -0.137. The zero-order valence-electron chi connectivity index (χ0n) is 12.8. The zero-order chi connectivity index (χ0) is 16.4. The summed E-state index contributed by atoms with van der Waals surface area (Å²) in [7, 11) is 1.61. The second-order valence-electron chi connectivity index (χ2n) is 4.62. The van der Waals surface area contributed by atoms with Crippen LogP contribution in [-0.4, -0.2) is 39.3 Å². The van der Waals surface area contributed by atoms with Crippen LogP contribution < -0.4 is 10.6 Å². The van der Waals surface area contributed by atoms with E-state index in [1.807, 2.05) is 6.92 Å². The summed E-state index contributed by atoms with van der Waals surface area (Å²) in [6, 6.07) is 5.21. The van der Waals surface area contributed by atoms with Gasteiger partial charge in [-0.3, -0.25) is 4.99 Å². The summed E-state index contributed by atoms with van der Waals surface area (Å²) in [5.41, 5.74) is 0.215. The van der Waals surface area contributed by atoms with Crippen LogP contribution in [0.25, 0.3) is 0 Å². The third-order valence-electron chi connectivity index (χ3n) is 2.90. The number of benzene rings is 1. The highest BCUT2D eigenvalue weighted by atomic mass is 19.4. The standard InChI is InChI=1S/C15H22F3N3O/c1-3-19-14(21-10-11-22-2)20-9-8-12-4-6-13(7-5-12)15(16,17)18/h4-7H,3,8-11H2,1-2H3,(H2,19,20,21). The summed E-state index contributed by atoms with van der Waals surface area (Å²) >= 11 is 0. The van der Waals surface area contributed by atoms with Gasteiger partial charge in [-0.05, 0) is 31.0 Å². The molecule has 1 aromatic rings. The molecule has 7 heteroatoms. The van der Waals surface area contributed by atoms with Crippen LogP contribution in [-0.2, 0) is 17.3 Å². The van der Waals surface area contributed by atoms with Crippen molar-refractivity contribution in [2.75, 3.05) is 33.4 Å². The van der Waals surface area contributed by atoms with Gasteiger partial charge in [0.15, 0.2) is 5.96 Å². The molecule has 0 aliphatic carbocycles. The van der Waals surface area contributed by atoms with Crippen LogP contribution in [0.15, 0.2) is 29.3 Å². The molecule has 0 atom stereocenters. The number of alkyl halides is 3. The van der Waals surface area contributed by atoms with E-state index in [-0.39, 0.29) is 0 Å². The Kier molecular flexibility index (Phi) is 7.73. The first-order valence-corrected chi connectivity index (χ1v) is 7.14. The van der Waals surface area contributed by atoms with Crippen molar-refractivity contribution in [2.45, 2.75) is 19.5 Å². The van der Waals surface area contributed by atoms with Gasteiger partial charge in [0.05, 0.1) is 18.7 Å². The number of hydrogen-bond acceptors (Lipinski definition) is 2. The van der Waals surface area contributed by atoms with E-state index in [9.17, 15) is 13.2 Å². The fraction of sp³-hybridized carbons (Fsp3) is 0.533. The Morgan fingerprint density at radius 1 is 1.18 bits per heavy atom. The summed E-state index contributed by atoms with van der Waals surface area (Å²) in [5, 5.41) is 6.23. The van der Waals surface area contributed by atoms with Gasteiger partial charge in [-0.15, -0.1) is 0 Å². The summed E-state index contributed by atoms with van der Waals surface area (Å²) in [5.74, 6) is 0.673. The van der Waals surface area contributed by atoms with E-state index in [0.29, 0.717) is 32.1 Å². The lowest BCUT2D eigenvalue weighted by Crippen LogP contribution is -2.38. The van der Waals surface area contributed by atoms with Crippen LogP contribution in [0.4, 0.5) is 13.2 Å². The van der Waals surface area contributed by atoms with Crippen LogP contribution in [0.2, 0.25) is 0 Å². The lowest BCUT2D eigenvalue weighted by atomic mass is 10.1. The van der Waals surface area contributed by atoms with Crippen LogP contribution >= 0.6 is 0 Å². The number of nitrogens with zero attached hydrogens (tertiary/aromatic N) is 1. The molecule has 0 spiro atoms. The lowest BCUT2D eigenvalue weighted by Gasteiger charge is -2.12. The van der Waals surface area contributed by atoms with Gasteiger partial charge in [0.25, 0.3) is 0 Å². The number of aliphatic imine (C=N–C) groups is 1. The maximum atomic E-state index is 12.5. The maximum absolute atomic E-state index is 12.5. The van der Waals surface area contributed by atoms with Gasteiger partial charge in [-0.1, -0.05) is 12.1 Å². The monoisotopic (exact) mass is 317 g/mol. The van der Waals surface area contributed by atoms with Gasteiger partial charge in [0, 0.05) is 20.2 Å². The second kappa shape index (κ2) is 9.30. The number of ether oxygens (including phenoxy) is 1. The maximum Gasteiger partial charge on any atom is 0.416 e. The average molecular weight is 317 g/mol. The number of guanidine groups is 1. The van der Waals surface area contributed by atoms with Crippen LogP contribution in [0.5, 0.6) is 0 Å². The van der Waals surface area contributed by atoms with Crippen molar-refractivity contribution in [1.29, 1.82) is 0 Å². The molecule has 124 valence electrons. The molecular formula is C15H22F3N3O. The van der Waals surface area contributed by atoms with Crippen molar-refractivity contribution in [3.05, 3.63) is 35.4 Å². The van der Waals surface area contributed by atoms with E-state index in [4.69, 9.17) is 4.74 Å². The molecule has 0 aliphatic heterocycles. The van der Waals surface area contributed by atoms with Gasteiger partial charge >= 0.3 is 6.18 Å². The molecule has 0 bridgehead atoms. The van der Waals surface area contributed by atoms with Gasteiger partial charge in [0.1, 0.15) is 0 Å². The molecule has 4 nitrogen and oxygen atoms in total. The summed E-state index contributed by atoms with van der Waals surface area (Å²) in [4.78, 5) is 4.30. The fourth-order valence-corrected chi connectivity index (χ4v) is 1.78. The van der Waals surface area contributed by atoms with Gasteiger partial charge < -0.3 is 15.4 Å². The zero-order valence-corrected chi connectivity index (χ0v) is 12.8. The molecule has 22 heavy (non-hydrogen) atoms. The molecule has 1 aromatic carbocycles. The average Bonchev–Trinajstić information content (AvgIpc) is 2.47. The molecule has 0 saturated heterocycles. The highest BCUT2D eigenvalue weighted by Crippen LogP contribution is 2.29. The molecule has 0 saturated carbocycles. The molecule has 0 fully saturated rings. The molecule has 1 rings (SSSR count). The largest absolute Gasteiger partial charge is 0.416 e. The first kappa shape index (κ1) is 18.3. The molecule has 0 amide bonds. The summed E-state index contributed by atoms with van der Waals surface area (Å²) < 4.78 is 42.3. The van der Waals surface area contributed by atoms with E-state index in [2.05, 4.69) is 15.6 Å². The van der Waals surface area contributed by atoms with Crippen LogP contribution in [0.1, 0.15) is 18.1 Å². The predicted molar refractivity (Wildman–Crippen MR) is 81.0 cm³/mol. The Bertz CT molecular complexity index is 458. The highest BCUT2D eigenvalue weighted by Gasteiger charge is 2.29. The number of halogens is 3. The van der Waals surface area contributed by atoms with Gasteiger partial charge in [0.2, 0.25) is 0 Å². The minimum Gasteiger partial charge on any atom is -0.383 e. The number of hydrogen-bond donors (Lipinski definition) is 2. The topological polar surface area (TPSA) is 45.7 Å². The number of rotatable bonds is 7. The summed E-state index contributed by atoms with van der Waals surface area (Å²) in [6.45, 7) is 4.37. The Morgan fingerprint density at radius 2 is 1.86 bits per heavy atom. The first-order valence-electron chi connectivity index (χ1n) is 7.14. The molecule has 0 radical (unpaired) electrons. The summed E-state index contributed by atoms with van der Waals surface area (Å²) in [6.07, 6.45) is -3.67. The smallest absolute Gasteiger partial charge is 0.383 e. The molecular weight excluding hydrogens is 295 g/mol. The molecule has 0 aliphatic rings. The SMILES string of the molecule is CCNC(=NCCOC)NCCc1ccc(C(F)(F)F)cc1. The van der Waals surface area contributed by atoms with Gasteiger partial charge in [-0.25, -0.2) is 0 Å². The Morgan fingerprint density at radius 3 is 2.41 bits per heavy atom. The van der Waals surface area contributed by atoms with Crippen molar-refractivity contribution >= 4 is 5.96 Å². The van der Waals surface area contributed by atoms with Crippen LogP contribution in [0.3, 0.4) is 0 Å². The first-order chi connectivity index (χ1) is 10.5. The van der Waals surface area contributed by atoms with Crippen molar-refractivity contribution in [3.63, 3.8) is 0 Å². The predicted octanol–water partition coefficient (Wildman–Crippen LogP) is 2.45. The molecule has 0 unspecified atom stereocenters. The van der Waals surface area contributed by atoms with E-state index >= 15 is 0 Å². The minimum atomic E-state index is -4.29. The van der Waals surface area contributed by atoms with E-state index < -0.39 is 11.7 Å². The third kappa shape index (κ3) is 6.80. The minimum absolute atomic E-state index is 0.537. The second-order valence-corrected chi connectivity index (χ2v) is 4.62. The fourth-order valence-electron chi connectivity index (χ4n) is 1.78. The van der Waals surface area contributed by atoms with E-state index in [1.165, 1.54) is 12.1 Å². The van der Waals surface area contributed by atoms with E-state index in [0.717, 1.165) is 24.2 Å². The van der Waals surface area contributed by atoms with Crippen molar-refractivity contribution in [3.8, 4) is 0 Å². The Labute approximate surface area is 128 Å². The van der Waals surface area contributed by atoms with Crippen LogP contribution in [0, 0.1) is 0 Å². The van der Waals surface area contributed by atoms with Crippen molar-refractivity contribution < 1.29 is 17.9 Å². The Balaban J connectivity index is 2.46. The highest BCUT2D eigenvalue weighted by molar-refractivity contribution is 5.79.